The Morgan fingerprint density at radius 2 is 1.90 bits per heavy atom. The minimum absolute atomic E-state index is 0.0776. The predicted molar refractivity (Wildman–Crippen MR) is 111 cm³/mol. The number of methoxy groups -OCH3 is 1. The molecule has 0 saturated heterocycles. The van der Waals surface area contributed by atoms with Crippen LogP contribution in [0.5, 0.6) is 5.75 Å². The quantitative estimate of drug-likeness (QED) is 0.686. The van der Waals surface area contributed by atoms with Crippen LogP contribution in [0.15, 0.2) is 53.4 Å². The molecule has 0 bridgehead atoms. The second kappa shape index (κ2) is 8.80. The zero-order valence-corrected chi connectivity index (χ0v) is 18.1. The molecule has 2 aromatic rings. The Labute approximate surface area is 180 Å². The van der Waals surface area contributed by atoms with Crippen LogP contribution in [0.3, 0.4) is 0 Å². The van der Waals surface area contributed by atoms with E-state index in [1.165, 1.54) is 13.2 Å². The Morgan fingerprint density at radius 1 is 1.23 bits per heavy atom. The van der Waals surface area contributed by atoms with Gasteiger partial charge in [-0.15, -0.1) is 0 Å². The van der Waals surface area contributed by atoms with Crippen molar-refractivity contribution >= 4 is 9.84 Å². The highest BCUT2D eigenvalue weighted by molar-refractivity contribution is 7.91. The fourth-order valence-electron chi connectivity index (χ4n) is 4.18. The Kier molecular flexibility index (Phi) is 6.69. The van der Waals surface area contributed by atoms with Crippen LogP contribution in [0.25, 0.3) is 0 Å². The van der Waals surface area contributed by atoms with E-state index in [0.717, 1.165) is 5.56 Å². The molecule has 3 atom stereocenters. The van der Waals surface area contributed by atoms with Crippen molar-refractivity contribution in [1.29, 1.82) is 0 Å². The zero-order chi connectivity index (χ0) is 22.9. The molecule has 1 heterocycles. The molecule has 2 aromatic carbocycles. The fraction of sp³-hybridized carbons (Fsp3) is 0.455. The van der Waals surface area contributed by atoms with E-state index >= 15 is 0 Å². The molecular formula is C22H26F3NO4S. The topological polar surface area (TPSA) is 75.6 Å². The van der Waals surface area contributed by atoms with Crippen LogP contribution < -0.4 is 10.1 Å². The standard InChI is InChI=1S/C22H26F3NO4S/c1-3-21(12-16(27)13-22(23,24)25)14-31(28,29)19-11-17(30-2)9-10-18(19)20(26-21)15-7-5-4-6-8-15/h4-11,16,20,26-27H,3,12-14H2,1-2H3/t16-,20-,21-/m0/s1. The summed E-state index contributed by atoms with van der Waals surface area (Å²) in [6.45, 7) is 1.71. The number of hydrogen-bond donors (Lipinski definition) is 2. The predicted octanol–water partition coefficient (Wildman–Crippen LogP) is 4.01. The van der Waals surface area contributed by atoms with Gasteiger partial charge in [-0.1, -0.05) is 43.3 Å². The summed E-state index contributed by atoms with van der Waals surface area (Å²) in [5, 5.41) is 13.5. The molecule has 5 nitrogen and oxygen atoms in total. The van der Waals surface area contributed by atoms with E-state index in [9.17, 15) is 26.7 Å². The van der Waals surface area contributed by atoms with Gasteiger partial charge in [-0.05, 0) is 36.1 Å². The molecule has 0 spiro atoms. The number of halogens is 3. The molecule has 0 aromatic heterocycles. The van der Waals surface area contributed by atoms with E-state index in [1.807, 2.05) is 30.3 Å². The van der Waals surface area contributed by atoms with Crippen LogP contribution in [0.4, 0.5) is 13.2 Å². The summed E-state index contributed by atoms with van der Waals surface area (Å²) in [7, 11) is -2.46. The molecule has 0 unspecified atom stereocenters. The van der Waals surface area contributed by atoms with Gasteiger partial charge in [0.25, 0.3) is 0 Å². The van der Waals surface area contributed by atoms with Gasteiger partial charge in [0.2, 0.25) is 0 Å². The van der Waals surface area contributed by atoms with Crippen molar-refractivity contribution in [3.8, 4) is 5.75 Å². The van der Waals surface area contributed by atoms with Gasteiger partial charge in [-0.2, -0.15) is 13.2 Å². The normalized spacial score (nSPS) is 24.1. The largest absolute Gasteiger partial charge is 0.497 e. The summed E-state index contributed by atoms with van der Waals surface area (Å²) in [4.78, 5) is 0.0776. The highest BCUT2D eigenvalue weighted by Gasteiger charge is 2.44. The first kappa shape index (κ1) is 23.6. The smallest absolute Gasteiger partial charge is 0.391 e. The molecule has 0 aliphatic carbocycles. The van der Waals surface area contributed by atoms with Crippen LogP contribution in [-0.4, -0.2) is 44.2 Å². The molecule has 9 heteroatoms. The van der Waals surface area contributed by atoms with Gasteiger partial charge in [-0.25, -0.2) is 8.42 Å². The molecular weight excluding hydrogens is 431 g/mol. The highest BCUT2D eigenvalue weighted by Crippen LogP contribution is 2.40. The van der Waals surface area contributed by atoms with Crippen LogP contribution in [0.2, 0.25) is 0 Å². The Morgan fingerprint density at radius 3 is 2.48 bits per heavy atom. The van der Waals surface area contributed by atoms with Gasteiger partial charge < -0.3 is 9.84 Å². The first-order valence-corrected chi connectivity index (χ1v) is 11.6. The van der Waals surface area contributed by atoms with Crippen molar-refractivity contribution in [3.63, 3.8) is 0 Å². The summed E-state index contributed by atoms with van der Waals surface area (Å²) >= 11 is 0. The maximum absolute atomic E-state index is 13.4. The minimum atomic E-state index is -4.55. The van der Waals surface area contributed by atoms with Crippen molar-refractivity contribution in [3.05, 3.63) is 59.7 Å². The number of fused-ring (bicyclic) bond motifs is 1. The molecule has 0 amide bonds. The summed E-state index contributed by atoms with van der Waals surface area (Å²) in [6, 6.07) is 13.3. The molecule has 0 saturated carbocycles. The van der Waals surface area contributed by atoms with Gasteiger partial charge in [0.15, 0.2) is 9.84 Å². The Bertz CT molecular complexity index is 1010. The lowest BCUT2D eigenvalue weighted by Gasteiger charge is -2.37. The van der Waals surface area contributed by atoms with Crippen LogP contribution >= 0.6 is 0 Å². The van der Waals surface area contributed by atoms with E-state index in [-0.39, 0.29) is 17.7 Å². The lowest BCUT2D eigenvalue weighted by Crippen LogP contribution is -2.52. The lowest BCUT2D eigenvalue weighted by molar-refractivity contribution is -0.155. The number of alkyl halides is 3. The molecule has 3 rings (SSSR count). The van der Waals surface area contributed by atoms with E-state index in [4.69, 9.17) is 4.74 Å². The number of rotatable bonds is 6. The number of nitrogens with one attached hydrogen (secondary N) is 1. The number of aliphatic hydroxyl groups is 1. The number of sulfone groups is 1. The van der Waals surface area contributed by atoms with Crippen LogP contribution in [0, 0.1) is 0 Å². The summed E-state index contributed by atoms with van der Waals surface area (Å²) < 4.78 is 70.5. The van der Waals surface area contributed by atoms with Crippen LogP contribution in [0.1, 0.15) is 43.4 Å². The monoisotopic (exact) mass is 457 g/mol. The van der Waals surface area contributed by atoms with E-state index in [1.54, 1.807) is 19.1 Å². The maximum Gasteiger partial charge on any atom is 0.391 e. The number of ether oxygens (including phenoxy) is 1. The summed E-state index contributed by atoms with van der Waals surface area (Å²) in [5.74, 6) is -0.0650. The van der Waals surface area contributed by atoms with Gasteiger partial charge in [0.1, 0.15) is 5.75 Å². The summed E-state index contributed by atoms with van der Waals surface area (Å²) in [6.07, 6.45) is -7.80. The molecule has 31 heavy (non-hydrogen) atoms. The third kappa shape index (κ3) is 5.39. The van der Waals surface area contributed by atoms with Gasteiger partial charge >= 0.3 is 6.18 Å². The Balaban J connectivity index is 2.13. The van der Waals surface area contributed by atoms with Gasteiger partial charge in [0.05, 0.1) is 36.3 Å². The molecule has 1 aliphatic rings. The summed E-state index contributed by atoms with van der Waals surface area (Å²) in [5.41, 5.74) is 0.0118. The molecule has 0 radical (unpaired) electrons. The first-order valence-electron chi connectivity index (χ1n) is 9.97. The maximum atomic E-state index is 13.4. The third-order valence-electron chi connectivity index (χ3n) is 5.69. The lowest BCUT2D eigenvalue weighted by atomic mass is 9.87. The van der Waals surface area contributed by atoms with E-state index < -0.39 is 45.9 Å². The van der Waals surface area contributed by atoms with Crippen LogP contribution in [-0.2, 0) is 9.84 Å². The fourth-order valence-corrected chi connectivity index (χ4v) is 6.31. The molecule has 0 fully saturated rings. The number of hydrogen-bond acceptors (Lipinski definition) is 5. The van der Waals surface area contributed by atoms with Crippen molar-refractivity contribution in [2.45, 2.75) is 54.9 Å². The second-order valence-electron chi connectivity index (χ2n) is 7.96. The number of aliphatic hydroxyl groups excluding tert-OH is 1. The molecule has 1 aliphatic heterocycles. The van der Waals surface area contributed by atoms with Gasteiger partial charge in [0, 0.05) is 5.54 Å². The van der Waals surface area contributed by atoms with Crippen molar-refractivity contribution < 1.29 is 31.4 Å². The third-order valence-corrected chi connectivity index (χ3v) is 7.64. The van der Waals surface area contributed by atoms with E-state index in [2.05, 4.69) is 5.32 Å². The molecule has 2 N–H and O–H groups in total. The van der Waals surface area contributed by atoms with E-state index in [0.29, 0.717) is 11.3 Å². The minimum Gasteiger partial charge on any atom is -0.497 e. The number of benzene rings is 2. The van der Waals surface area contributed by atoms with Gasteiger partial charge in [-0.3, -0.25) is 5.32 Å². The van der Waals surface area contributed by atoms with Crippen molar-refractivity contribution in [2.75, 3.05) is 12.9 Å². The average molecular weight is 458 g/mol. The SMILES string of the molecule is CC[C@]1(C[C@H](O)CC(F)(F)F)CS(=O)(=O)c2cc(OC)ccc2[C@H](c2ccccc2)N1. The Hall–Kier alpha value is -2.10. The second-order valence-corrected chi connectivity index (χ2v) is 9.92. The first-order chi connectivity index (χ1) is 14.5. The highest BCUT2D eigenvalue weighted by atomic mass is 32.2. The average Bonchev–Trinajstić information content (AvgIpc) is 2.79. The zero-order valence-electron chi connectivity index (χ0n) is 17.3. The van der Waals surface area contributed by atoms with Crippen molar-refractivity contribution in [2.24, 2.45) is 0 Å². The molecule has 170 valence electrons. The van der Waals surface area contributed by atoms with Crippen molar-refractivity contribution in [1.82, 2.24) is 5.32 Å².